The molecule has 1 fully saturated rings. The largest absolute Gasteiger partial charge is 0.324 e. The van der Waals surface area contributed by atoms with E-state index in [1.54, 1.807) is 16.8 Å². The molecule has 0 radical (unpaired) electrons. The van der Waals surface area contributed by atoms with E-state index in [1.807, 2.05) is 52.8 Å². The number of nitrogens with zero attached hydrogens (tertiary/aromatic N) is 4. The highest BCUT2D eigenvalue weighted by atomic mass is 35.5. The standard InChI is InChI=1S/C24H30ClN5O2S.C2H6/c1-5-17-8-10-29(11-9-17)33(32)19-6-7-21(16(4)12-19)27-24-26-14-18-13-20(25)23(31)30(15(2)3)22(18)28-24;1-2/h6-7,12-15,17H,5,8-11H2,1-4H3,(H,26,27,28);1-2H3. The van der Waals surface area contributed by atoms with Crippen molar-refractivity contribution < 1.29 is 4.21 Å². The van der Waals surface area contributed by atoms with E-state index in [9.17, 15) is 9.00 Å². The SMILES string of the molecule is CC.CCC1CCN(S(=O)c2ccc(Nc3ncc4cc(Cl)c(=O)n(C(C)C)c4n3)c(C)c2)CC1. The molecule has 1 atom stereocenters. The summed E-state index contributed by atoms with van der Waals surface area (Å²) in [7, 11) is -1.16. The Labute approximate surface area is 215 Å². The van der Waals surface area contributed by atoms with Gasteiger partial charge >= 0.3 is 0 Å². The number of aromatic nitrogens is 3. The summed E-state index contributed by atoms with van der Waals surface area (Å²) in [6.45, 7) is 13.8. The van der Waals surface area contributed by atoms with E-state index in [-0.39, 0.29) is 16.6 Å². The van der Waals surface area contributed by atoms with Crippen molar-refractivity contribution in [2.45, 2.75) is 71.7 Å². The Morgan fingerprint density at radius 3 is 2.49 bits per heavy atom. The van der Waals surface area contributed by atoms with Crippen LogP contribution in [0.25, 0.3) is 11.0 Å². The number of halogens is 1. The minimum Gasteiger partial charge on any atom is -0.324 e. The first-order valence-electron chi connectivity index (χ1n) is 12.4. The fraction of sp³-hybridized carbons (Fsp3) is 0.500. The predicted molar refractivity (Wildman–Crippen MR) is 146 cm³/mol. The molecule has 7 nitrogen and oxygen atoms in total. The van der Waals surface area contributed by atoms with Crippen molar-refractivity contribution in [2.75, 3.05) is 18.4 Å². The number of rotatable bonds is 6. The second kappa shape index (κ2) is 12.1. The Hall–Kier alpha value is -2.29. The molecule has 0 spiro atoms. The minimum atomic E-state index is -1.16. The fourth-order valence-corrected chi connectivity index (χ4v) is 5.77. The molecule has 35 heavy (non-hydrogen) atoms. The van der Waals surface area contributed by atoms with Gasteiger partial charge < -0.3 is 5.32 Å². The van der Waals surface area contributed by atoms with Crippen LogP contribution in [0.15, 0.2) is 40.2 Å². The highest BCUT2D eigenvalue weighted by Crippen LogP contribution is 2.27. The Bertz CT molecular complexity index is 1250. The average molecular weight is 518 g/mol. The molecule has 1 aliphatic rings. The van der Waals surface area contributed by atoms with E-state index in [4.69, 9.17) is 11.6 Å². The van der Waals surface area contributed by atoms with Gasteiger partial charge in [-0.2, -0.15) is 4.98 Å². The summed E-state index contributed by atoms with van der Waals surface area (Å²) in [5, 5.41) is 4.09. The van der Waals surface area contributed by atoms with Gasteiger partial charge in [-0.3, -0.25) is 9.36 Å². The lowest BCUT2D eigenvalue weighted by Crippen LogP contribution is -2.35. The van der Waals surface area contributed by atoms with E-state index < -0.39 is 11.0 Å². The van der Waals surface area contributed by atoms with Crippen LogP contribution in [0.1, 0.15) is 65.5 Å². The van der Waals surface area contributed by atoms with Gasteiger partial charge in [0.2, 0.25) is 5.95 Å². The van der Waals surface area contributed by atoms with Gasteiger partial charge in [0.05, 0.1) is 4.90 Å². The molecule has 1 saturated heterocycles. The molecular weight excluding hydrogens is 482 g/mol. The number of aryl methyl sites for hydroxylation is 1. The van der Waals surface area contributed by atoms with Crippen LogP contribution in [0.2, 0.25) is 5.02 Å². The highest BCUT2D eigenvalue weighted by molar-refractivity contribution is 7.82. The number of nitrogens with one attached hydrogen (secondary N) is 1. The molecule has 9 heteroatoms. The minimum absolute atomic E-state index is 0.0974. The maximum atomic E-state index is 13.1. The van der Waals surface area contributed by atoms with E-state index >= 15 is 0 Å². The summed E-state index contributed by atoms with van der Waals surface area (Å²) in [6, 6.07) is 7.25. The van der Waals surface area contributed by atoms with Crippen molar-refractivity contribution in [3.05, 3.63) is 51.4 Å². The number of piperidine rings is 1. The van der Waals surface area contributed by atoms with Crippen molar-refractivity contribution in [1.29, 1.82) is 0 Å². The maximum absolute atomic E-state index is 13.1. The second-order valence-electron chi connectivity index (χ2n) is 8.87. The summed E-state index contributed by atoms with van der Waals surface area (Å²) in [5.74, 6) is 1.13. The lowest BCUT2D eigenvalue weighted by molar-refractivity contribution is 0.278. The van der Waals surface area contributed by atoms with Crippen molar-refractivity contribution in [3.63, 3.8) is 0 Å². The molecule has 190 valence electrons. The van der Waals surface area contributed by atoms with Crippen molar-refractivity contribution >= 4 is 45.3 Å². The summed E-state index contributed by atoms with van der Waals surface area (Å²) < 4.78 is 16.7. The zero-order valence-electron chi connectivity index (χ0n) is 21.5. The van der Waals surface area contributed by atoms with Crippen LogP contribution in [0, 0.1) is 12.8 Å². The number of benzene rings is 1. The third-order valence-electron chi connectivity index (χ3n) is 6.28. The van der Waals surface area contributed by atoms with Gasteiger partial charge in [0.15, 0.2) is 0 Å². The molecule has 0 saturated carbocycles. The maximum Gasteiger partial charge on any atom is 0.271 e. The quantitative estimate of drug-likeness (QED) is 0.418. The van der Waals surface area contributed by atoms with Crippen LogP contribution in [0.3, 0.4) is 0 Å². The van der Waals surface area contributed by atoms with E-state index in [0.29, 0.717) is 17.0 Å². The molecule has 1 aliphatic heterocycles. The lowest BCUT2D eigenvalue weighted by Gasteiger charge is -2.30. The summed E-state index contributed by atoms with van der Waals surface area (Å²) in [5.41, 5.74) is 2.04. The molecule has 1 aromatic carbocycles. The van der Waals surface area contributed by atoms with E-state index in [2.05, 4.69) is 26.5 Å². The molecule has 0 bridgehead atoms. The molecular formula is C26H36ClN5O2S. The second-order valence-corrected chi connectivity index (χ2v) is 10.8. The molecule has 3 heterocycles. The first-order chi connectivity index (χ1) is 16.8. The number of anilines is 2. The van der Waals surface area contributed by atoms with Crippen molar-refractivity contribution in [3.8, 4) is 0 Å². The van der Waals surface area contributed by atoms with Crippen LogP contribution in [-0.4, -0.2) is 36.1 Å². The smallest absolute Gasteiger partial charge is 0.271 e. The molecule has 3 aromatic rings. The Morgan fingerprint density at radius 1 is 1.20 bits per heavy atom. The van der Waals surface area contributed by atoms with Gasteiger partial charge in [0.1, 0.15) is 21.7 Å². The summed E-state index contributed by atoms with van der Waals surface area (Å²) in [4.78, 5) is 22.3. The first kappa shape index (κ1) is 27.3. The van der Waals surface area contributed by atoms with Gasteiger partial charge in [0, 0.05) is 36.4 Å². The normalized spacial score (nSPS) is 15.7. The number of hydrogen-bond acceptors (Lipinski definition) is 5. The third kappa shape index (κ3) is 6.11. The van der Waals surface area contributed by atoms with E-state index in [1.165, 1.54) is 6.42 Å². The Morgan fingerprint density at radius 2 is 1.89 bits per heavy atom. The number of pyridine rings is 1. The van der Waals surface area contributed by atoms with Gasteiger partial charge in [-0.05, 0) is 69.4 Å². The highest BCUT2D eigenvalue weighted by Gasteiger charge is 2.23. The van der Waals surface area contributed by atoms with Crippen LogP contribution in [-0.2, 0) is 11.0 Å². The van der Waals surface area contributed by atoms with Gasteiger partial charge in [0.25, 0.3) is 5.56 Å². The molecule has 1 unspecified atom stereocenters. The molecule has 0 aliphatic carbocycles. The summed E-state index contributed by atoms with van der Waals surface area (Å²) in [6.07, 6.45) is 5.06. The zero-order chi connectivity index (χ0) is 25.7. The number of fused-ring (bicyclic) bond motifs is 1. The molecule has 0 amide bonds. The van der Waals surface area contributed by atoms with Gasteiger partial charge in [-0.25, -0.2) is 13.5 Å². The molecule has 2 aromatic heterocycles. The Balaban J connectivity index is 0.00000167. The predicted octanol–water partition coefficient (Wildman–Crippen LogP) is 6.25. The van der Waals surface area contributed by atoms with Crippen molar-refractivity contribution in [1.82, 2.24) is 18.8 Å². The average Bonchev–Trinajstić information content (AvgIpc) is 2.86. The van der Waals surface area contributed by atoms with Crippen molar-refractivity contribution in [2.24, 2.45) is 5.92 Å². The van der Waals surface area contributed by atoms with Crippen LogP contribution in [0.5, 0.6) is 0 Å². The topological polar surface area (TPSA) is 80.1 Å². The van der Waals surface area contributed by atoms with E-state index in [0.717, 1.165) is 48.0 Å². The fourth-order valence-electron chi connectivity index (χ4n) is 4.26. The number of hydrogen-bond donors (Lipinski definition) is 1. The zero-order valence-corrected chi connectivity index (χ0v) is 23.0. The van der Waals surface area contributed by atoms with Gasteiger partial charge in [-0.1, -0.05) is 38.8 Å². The summed E-state index contributed by atoms with van der Waals surface area (Å²) >= 11 is 6.11. The lowest BCUT2D eigenvalue weighted by atomic mass is 9.96. The van der Waals surface area contributed by atoms with Crippen LogP contribution < -0.4 is 10.9 Å². The Kier molecular flexibility index (Phi) is 9.44. The van der Waals surface area contributed by atoms with Crippen LogP contribution >= 0.6 is 11.6 Å². The monoisotopic (exact) mass is 517 g/mol. The molecule has 1 N–H and O–H groups in total. The third-order valence-corrected chi connectivity index (χ3v) is 8.04. The first-order valence-corrected chi connectivity index (χ1v) is 13.9. The van der Waals surface area contributed by atoms with Crippen LogP contribution in [0.4, 0.5) is 11.6 Å². The van der Waals surface area contributed by atoms with Gasteiger partial charge in [-0.15, -0.1) is 0 Å². The molecule has 4 rings (SSSR count).